The summed E-state index contributed by atoms with van der Waals surface area (Å²) in [7, 11) is 0. The number of nitrogens with zero attached hydrogens (tertiary/aromatic N) is 1. The maximum absolute atomic E-state index is 12.3. The molecule has 0 fully saturated rings. The average Bonchev–Trinajstić information content (AvgIpc) is 3.24. The molecular formula is C17H13Cl2N3O3S. The Morgan fingerprint density at radius 3 is 2.73 bits per heavy atom. The van der Waals surface area contributed by atoms with Gasteiger partial charge < -0.3 is 9.73 Å². The molecule has 2 aromatic heterocycles. The molecule has 26 heavy (non-hydrogen) atoms. The van der Waals surface area contributed by atoms with Gasteiger partial charge in [0.15, 0.2) is 10.9 Å². The zero-order valence-electron chi connectivity index (χ0n) is 13.5. The second-order valence-electron chi connectivity index (χ2n) is 5.30. The van der Waals surface area contributed by atoms with E-state index in [0.717, 1.165) is 0 Å². The highest BCUT2D eigenvalue weighted by atomic mass is 35.5. The molecule has 0 bridgehead atoms. The van der Waals surface area contributed by atoms with Crippen LogP contribution in [-0.2, 0) is 11.3 Å². The zero-order chi connectivity index (χ0) is 18.7. The van der Waals surface area contributed by atoms with Gasteiger partial charge in [0.05, 0.1) is 16.6 Å². The molecule has 134 valence electrons. The third kappa shape index (κ3) is 4.43. The number of aromatic nitrogens is 1. The van der Waals surface area contributed by atoms with E-state index in [1.54, 1.807) is 29.6 Å². The van der Waals surface area contributed by atoms with Gasteiger partial charge in [-0.05, 0) is 30.3 Å². The maximum atomic E-state index is 12.3. The topological polar surface area (TPSA) is 84.2 Å². The highest BCUT2D eigenvalue weighted by molar-refractivity contribution is 7.14. The first-order valence-corrected chi connectivity index (χ1v) is 9.11. The number of rotatable bonds is 5. The Balaban J connectivity index is 1.68. The van der Waals surface area contributed by atoms with Crippen molar-refractivity contribution in [3.8, 4) is 11.5 Å². The highest BCUT2D eigenvalue weighted by Crippen LogP contribution is 2.27. The Bertz CT molecular complexity index is 968. The SMILES string of the molecule is CC(=O)NCc1ccc(-c2csc(NC(=O)c3ccc(Cl)c(Cl)c3)n2)o1. The van der Waals surface area contributed by atoms with Crippen LogP contribution in [0.5, 0.6) is 0 Å². The molecule has 2 heterocycles. The molecule has 0 aliphatic carbocycles. The molecule has 0 radical (unpaired) electrons. The van der Waals surface area contributed by atoms with Crippen molar-refractivity contribution in [3.63, 3.8) is 0 Å². The first kappa shape index (κ1) is 18.4. The lowest BCUT2D eigenvalue weighted by Gasteiger charge is -2.03. The zero-order valence-corrected chi connectivity index (χ0v) is 15.8. The van der Waals surface area contributed by atoms with Gasteiger partial charge >= 0.3 is 0 Å². The van der Waals surface area contributed by atoms with E-state index in [9.17, 15) is 9.59 Å². The first-order valence-electron chi connectivity index (χ1n) is 7.48. The molecule has 0 aliphatic heterocycles. The summed E-state index contributed by atoms with van der Waals surface area (Å²) in [6.45, 7) is 1.74. The Morgan fingerprint density at radius 1 is 1.19 bits per heavy atom. The number of furan rings is 1. The summed E-state index contributed by atoms with van der Waals surface area (Å²) in [5.41, 5.74) is 0.972. The third-order valence-electron chi connectivity index (χ3n) is 3.33. The molecule has 1 aromatic carbocycles. The highest BCUT2D eigenvalue weighted by Gasteiger charge is 2.13. The molecule has 2 amide bonds. The van der Waals surface area contributed by atoms with Crippen molar-refractivity contribution in [1.29, 1.82) is 0 Å². The van der Waals surface area contributed by atoms with E-state index >= 15 is 0 Å². The molecule has 0 spiro atoms. The number of hydrogen-bond donors (Lipinski definition) is 2. The Labute approximate surface area is 163 Å². The summed E-state index contributed by atoms with van der Waals surface area (Å²) in [6, 6.07) is 8.16. The Hall–Kier alpha value is -2.35. The predicted octanol–water partition coefficient (Wildman–Crippen LogP) is 4.60. The monoisotopic (exact) mass is 409 g/mol. The number of thiazole rings is 1. The lowest BCUT2D eigenvalue weighted by atomic mass is 10.2. The summed E-state index contributed by atoms with van der Waals surface area (Å²) < 4.78 is 5.64. The maximum Gasteiger partial charge on any atom is 0.257 e. The van der Waals surface area contributed by atoms with E-state index in [1.807, 2.05) is 0 Å². The fourth-order valence-corrected chi connectivity index (χ4v) is 3.07. The summed E-state index contributed by atoms with van der Waals surface area (Å²) in [4.78, 5) is 27.5. The minimum absolute atomic E-state index is 0.135. The van der Waals surface area contributed by atoms with Crippen LogP contribution in [0.25, 0.3) is 11.5 Å². The van der Waals surface area contributed by atoms with Crippen LogP contribution >= 0.6 is 34.5 Å². The fourth-order valence-electron chi connectivity index (χ4n) is 2.07. The molecule has 3 rings (SSSR count). The standard InChI is InChI=1S/C17H13Cl2N3O3S/c1-9(23)20-7-11-3-5-15(25-11)14-8-26-17(21-14)22-16(24)10-2-4-12(18)13(19)6-10/h2-6,8H,7H2,1H3,(H,20,23)(H,21,22,24). The molecule has 0 aliphatic rings. The van der Waals surface area contributed by atoms with Gasteiger partial charge in [0.2, 0.25) is 5.91 Å². The number of hydrogen-bond acceptors (Lipinski definition) is 5. The Morgan fingerprint density at radius 2 is 2.00 bits per heavy atom. The largest absolute Gasteiger partial charge is 0.458 e. The van der Waals surface area contributed by atoms with Crippen LogP contribution in [0.1, 0.15) is 23.0 Å². The van der Waals surface area contributed by atoms with Crippen LogP contribution < -0.4 is 10.6 Å². The van der Waals surface area contributed by atoms with Crippen molar-refractivity contribution in [2.24, 2.45) is 0 Å². The van der Waals surface area contributed by atoms with Gasteiger partial charge in [-0.2, -0.15) is 0 Å². The number of carbonyl (C=O) groups excluding carboxylic acids is 2. The molecule has 9 heteroatoms. The number of carbonyl (C=O) groups is 2. The summed E-state index contributed by atoms with van der Waals surface area (Å²) in [5, 5.41) is 8.25. The molecule has 0 atom stereocenters. The molecular weight excluding hydrogens is 397 g/mol. The summed E-state index contributed by atoms with van der Waals surface area (Å²) in [6.07, 6.45) is 0. The third-order valence-corrected chi connectivity index (χ3v) is 4.83. The van der Waals surface area contributed by atoms with E-state index in [0.29, 0.717) is 44.5 Å². The van der Waals surface area contributed by atoms with E-state index in [2.05, 4.69) is 15.6 Å². The van der Waals surface area contributed by atoms with Crippen LogP contribution in [-0.4, -0.2) is 16.8 Å². The van der Waals surface area contributed by atoms with Gasteiger partial charge in [0, 0.05) is 17.9 Å². The van der Waals surface area contributed by atoms with Gasteiger partial charge in [-0.15, -0.1) is 11.3 Å². The molecule has 6 nitrogen and oxygen atoms in total. The number of halogens is 2. The second-order valence-corrected chi connectivity index (χ2v) is 6.97. The molecule has 2 N–H and O–H groups in total. The predicted molar refractivity (Wildman–Crippen MR) is 102 cm³/mol. The molecule has 0 unspecified atom stereocenters. The van der Waals surface area contributed by atoms with E-state index in [1.165, 1.54) is 24.3 Å². The molecule has 3 aromatic rings. The molecule has 0 saturated heterocycles. The van der Waals surface area contributed by atoms with Gasteiger partial charge in [-0.1, -0.05) is 23.2 Å². The van der Waals surface area contributed by atoms with Crippen molar-refractivity contribution in [1.82, 2.24) is 10.3 Å². The van der Waals surface area contributed by atoms with E-state index < -0.39 is 0 Å². The van der Waals surface area contributed by atoms with Crippen molar-refractivity contribution < 1.29 is 14.0 Å². The lowest BCUT2D eigenvalue weighted by molar-refractivity contribution is -0.119. The van der Waals surface area contributed by atoms with Crippen molar-refractivity contribution in [2.45, 2.75) is 13.5 Å². The minimum Gasteiger partial charge on any atom is -0.458 e. The number of anilines is 1. The average molecular weight is 410 g/mol. The van der Waals surface area contributed by atoms with Crippen molar-refractivity contribution >= 4 is 51.5 Å². The summed E-state index contributed by atoms with van der Waals surface area (Å²) in [5.74, 6) is 0.695. The lowest BCUT2D eigenvalue weighted by Crippen LogP contribution is -2.18. The Kier molecular flexibility index (Phi) is 5.61. The van der Waals surface area contributed by atoms with Crippen molar-refractivity contribution in [2.75, 3.05) is 5.32 Å². The number of nitrogens with one attached hydrogen (secondary N) is 2. The number of benzene rings is 1. The van der Waals surface area contributed by atoms with Gasteiger partial charge in [-0.25, -0.2) is 4.98 Å². The fraction of sp³-hybridized carbons (Fsp3) is 0.118. The van der Waals surface area contributed by atoms with E-state index in [-0.39, 0.29) is 11.8 Å². The van der Waals surface area contributed by atoms with Crippen LogP contribution in [0.3, 0.4) is 0 Å². The smallest absolute Gasteiger partial charge is 0.257 e. The second kappa shape index (κ2) is 7.90. The van der Waals surface area contributed by atoms with Gasteiger partial charge in [-0.3, -0.25) is 14.9 Å². The minimum atomic E-state index is -0.338. The van der Waals surface area contributed by atoms with Crippen LogP contribution in [0, 0.1) is 0 Å². The van der Waals surface area contributed by atoms with Crippen LogP contribution in [0.4, 0.5) is 5.13 Å². The molecule has 0 saturated carbocycles. The summed E-state index contributed by atoms with van der Waals surface area (Å²) >= 11 is 13.1. The number of amides is 2. The van der Waals surface area contributed by atoms with Gasteiger partial charge in [0.25, 0.3) is 5.91 Å². The van der Waals surface area contributed by atoms with Gasteiger partial charge in [0.1, 0.15) is 11.5 Å². The first-order chi connectivity index (χ1) is 12.4. The van der Waals surface area contributed by atoms with E-state index in [4.69, 9.17) is 27.6 Å². The quantitative estimate of drug-likeness (QED) is 0.644. The van der Waals surface area contributed by atoms with Crippen LogP contribution in [0.15, 0.2) is 40.1 Å². The normalized spacial score (nSPS) is 10.6. The van der Waals surface area contributed by atoms with Crippen LogP contribution in [0.2, 0.25) is 10.0 Å². The van der Waals surface area contributed by atoms with Crippen molar-refractivity contribution in [3.05, 3.63) is 57.1 Å².